The van der Waals surface area contributed by atoms with Crippen molar-refractivity contribution in [1.29, 1.82) is 0 Å². The molecule has 5 rings (SSSR count). The molecule has 25 N–H and O–H groups in total. The molecule has 0 radical (unpaired) electrons. The summed E-state index contributed by atoms with van der Waals surface area (Å²) in [6.45, 7) is 23.9. The van der Waals surface area contributed by atoms with Crippen LogP contribution in [0.2, 0.25) is 0 Å². The van der Waals surface area contributed by atoms with Crippen LogP contribution in [-0.4, -0.2) is 290 Å². The van der Waals surface area contributed by atoms with Crippen molar-refractivity contribution < 1.29 is 111 Å². The van der Waals surface area contributed by atoms with Crippen LogP contribution in [0.5, 0.6) is 5.75 Å². The number of benzene rings is 3. The summed E-state index contributed by atoms with van der Waals surface area (Å²) in [5.41, 5.74) is 19.8. The minimum absolute atomic E-state index is 0.00895. The highest BCUT2D eigenvalue weighted by atomic mass is 16.4. The largest absolute Gasteiger partial charge is 0.508 e. The number of H-pyrrole nitrogens is 1. The second-order valence-electron chi connectivity index (χ2n) is 40.8. The van der Waals surface area contributed by atoms with E-state index >= 15 is 24.0 Å². The molecule has 17 atom stereocenters. The predicted molar refractivity (Wildman–Crippen MR) is 560 cm³/mol. The number of Topliss-reactive ketones (excluding diaryl/α,β-unsaturated/α-hetero) is 12. The lowest BCUT2D eigenvalue weighted by atomic mass is 9.85. The number of aromatic nitrogens is 1. The predicted octanol–water partition coefficient (Wildman–Crippen LogP) is 1.11. The second kappa shape index (κ2) is 63.9. The molecule has 3 aromatic carbocycles. The molecule has 1 aliphatic rings. The molecule has 0 saturated heterocycles. The number of aliphatic hydroxyl groups excluding tert-OH is 1. The molecule has 43 nitrogen and oxygen atoms in total. The van der Waals surface area contributed by atoms with E-state index in [1.807, 2.05) is 26.0 Å². The number of nitrogens with two attached hydrogens (primary N) is 2. The second-order valence-corrected chi connectivity index (χ2v) is 40.8. The number of carbonyl (C=O) groups excluding carboxylic acids is 19. The molecule has 824 valence electrons. The van der Waals surface area contributed by atoms with Crippen LogP contribution in [0.15, 0.2) is 97.2 Å². The molecule has 0 unspecified atom stereocenters. The van der Waals surface area contributed by atoms with Crippen molar-refractivity contribution in [3.05, 3.63) is 114 Å². The van der Waals surface area contributed by atoms with Crippen molar-refractivity contribution in [2.45, 2.75) is 353 Å². The molecule has 0 saturated carbocycles. The van der Waals surface area contributed by atoms with E-state index < -0.39 is 221 Å². The van der Waals surface area contributed by atoms with Crippen LogP contribution in [-0.2, 0) is 115 Å². The maximum atomic E-state index is 15.7. The van der Waals surface area contributed by atoms with E-state index in [4.69, 9.17) is 11.5 Å². The summed E-state index contributed by atoms with van der Waals surface area (Å²) in [6, 6.07) is 4.12. The Balaban J connectivity index is 1.47. The van der Waals surface area contributed by atoms with Crippen LogP contribution in [0.3, 0.4) is 0 Å². The van der Waals surface area contributed by atoms with Crippen LogP contribution in [0, 0.1) is 11.8 Å². The number of carboxylic acids is 1. The average Bonchev–Trinajstić information content (AvgIpc) is 0.940. The maximum absolute atomic E-state index is 15.7. The number of ketones is 12. The Hall–Kier alpha value is -12.0. The monoisotopic (exact) mass is 2080 g/mol. The number of aromatic amines is 1. The molecule has 0 aliphatic carbocycles. The Morgan fingerprint density at radius 1 is 0.544 bits per heavy atom. The molecule has 1 aliphatic heterocycles. The minimum atomic E-state index is -2.09. The van der Waals surface area contributed by atoms with E-state index in [0.29, 0.717) is 66.1 Å². The maximum Gasteiger partial charge on any atom is 0.303 e. The molecule has 2 heterocycles. The molecule has 0 spiro atoms. The van der Waals surface area contributed by atoms with E-state index in [2.05, 4.69) is 95.8 Å². The van der Waals surface area contributed by atoms with Gasteiger partial charge in [-0.15, -0.1) is 0 Å². The topological polar surface area (TPSA) is 674 Å². The zero-order chi connectivity index (χ0) is 111. The molecule has 1 aromatic heterocycles. The quantitative estimate of drug-likeness (QED) is 0.0127. The summed E-state index contributed by atoms with van der Waals surface area (Å²) >= 11 is 0. The highest BCUT2D eigenvalue weighted by Gasteiger charge is 2.45. The highest BCUT2D eigenvalue weighted by Crippen LogP contribution is 2.26. The number of primary amides is 2. The smallest absolute Gasteiger partial charge is 0.303 e. The highest BCUT2D eigenvalue weighted by molar-refractivity contribution is 6.43. The van der Waals surface area contributed by atoms with Gasteiger partial charge in [-0.25, -0.2) is 21.7 Å². The summed E-state index contributed by atoms with van der Waals surface area (Å²) in [4.78, 5) is 282. The van der Waals surface area contributed by atoms with Crippen LogP contribution in [0.25, 0.3) is 10.9 Å². The van der Waals surface area contributed by atoms with Gasteiger partial charge < -0.3 is 79.6 Å². The minimum Gasteiger partial charge on any atom is -0.508 e. The van der Waals surface area contributed by atoms with Gasteiger partial charge in [-0.2, -0.15) is 0 Å². The number of hydrogen-bond acceptors (Lipinski definition) is 34. The fourth-order valence-electron chi connectivity index (χ4n) is 16.5. The number of hydrogen-bond donors (Lipinski definition) is 23. The van der Waals surface area contributed by atoms with Crippen molar-refractivity contribution in [3.8, 4) is 5.75 Å². The van der Waals surface area contributed by atoms with E-state index in [0.717, 1.165) is 0 Å². The van der Waals surface area contributed by atoms with E-state index in [1.54, 1.807) is 116 Å². The van der Waals surface area contributed by atoms with Gasteiger partial charge in [0.05, 0.1) is 116 Å². The number of aliphatic hydroxyl groups is 1. The normalized spacial score (nSPS) is 21.4. The number of allylic oxidation sites excluding steroid dienone is 2. The van der Waals surface area contributed by atoms with Gasteiger partial charge in [-0.1, -0.05) is 120 Å². The lowest BCUT2D eigenvalue weighted by molar-refractivity contribution is -0.144. The fourth-order valence-corrected chi connectivity index (χ4v) is 16.5. The number of carboxylic acid groups (broad SMARTS) is 1. The summed E-state index contributed by atoms with van der Waals surface area (Å²) < 4.78 is 0. The van der Waals surface area contributed by atoms with Gasteiger partial charge in [0.25, 0.3) is 0 Å². The first-order valence-electron chi connectivity index (χ1n) is 51.5. The van der Waals surface area contributed by atoms with Crippen molar-refractivity contribution in [3.63, 3.8) is 0 Å². The van der Waals surface area contributed by atoms with Crippen molar-refractivity contribution in [2.24, 2.45) is 23.3 Å². The number of carbonyl (C=O) groups is 20. The summed E-state index contributed by atoms with van der Waals surface area (Å²) in [5, 5.41) is 69.5. The Kier molecular flexibility index (Phi) is 54.7. The first kappa shape index (κ1) is 127. The number of para-hydroxylation sites is 1. The summed E-state index contributed by atoms with van der Waals surface area (Å²) in [6.07, 6.45) is 3.08. The van der Waals surface area contributed by atoms with Crippen LogP contribution >= 0.6 is 0 Å². The SMILES string of the molecule is CC(=O)N[C@@H](CC(C)C)C(=O)N[C@H](C(=O)C(=O)[C@H](Cc1ccccc1)NN[C@]1(C)CCCCCCC=CCCC[C@@](C)(C(=O)CN[C@@H](C)C(=O)CCN[C@@H](C)C(=O)CCN[C@@H](C)C(=O)CNC(C)(C)C(=O)CN[C@@H](C)C(=O)CN[C@H](C)C(N)=O)NC(=O)[C@H](CC(C)C)NC(=O)[C@H](CCC(N)=O)NCN[C@@H](C)C(=O)CC(=O)[C@H](Cc2c[nH]c3ccccc23)NN[C@@H](Cc2ccc(O)cc2)C(=O)N[C@@H](CCC(=O)O)C(=O)C1=O)[C@@H](C)O. The van der Waals surface area contributed by atoms with Crippen LogP contribution in [0.4, 0.5) is 0 Å². The van der Waals surface area contributed by atoms with Crippen molar-refractivity contribution >= 4 is 128 Å². The van der Waals surface area contributed by atoms with Crippen molar-refractivity contribution in [2.75, 3.05) is 45.9 Å². The number of phenolic OH excluding ortho intramolecular Hbond substituents is 1. The van der Waals surface area contributed by atoms with Crippen LogP contribution in [0.1, 0.15) is 243 Å². The van der Waals surface area contributed by atoms with Gasteiger partial charge in [0.1, 0.15) is 29.9 Å². The third kappa shape index (κ3) is 45.0. The van der Waals surface area contributed by atoms with Gasteiger partial charge in [0.2, 0.25) is 64.5 Å². The average molecular weight is 2080 g/mol. The fraction of sp³-hybridized carbons (Fsp3) is 0.604. The van der Waals surface area contributed by atoms with E-state index in [-0.39, 0.29) is 163 Å². The number of phenols is 1. The number of nitrogens with one attached hydrogen (secondary N) is 18. The molecular formula is C106H162N20O23. The number of aromatic hydroxyl groups is 1. The van der Waals surface area contributed by atoms with Crippen molar-refractivity contribution in [1.82, 2.24) is 95.8 Å². The number of fused-ring (bicyclic) bond motifs is 1. The zero-order valence-electron chi connectivity index (χ0n) is 89.0. The standard InChI is InChI=1S/C106H162N20O23/c1-61(2)49-81(118-70(12)128)101(147)121-94(69(11)127)97(143)95(141)80(51-71-31-25-24-26-32-71)125-126-106(16)46-30-23-21-19-17-18-20-22-29-45-105(15,91(137)59-113-64(6)85(131)44-47-109-63(5)84(130)43-48-110-66(8)89(135)57-117-104(13,14)90(136)58-112-67(9)88(134)56-111-68(10)99(108)145)122-103(149)82(50-62(3)4)120-100(146)78(39-41-92(107)138)116-60-115-65(7)86(132)54-87(133)79(53-73-55-114-76-34-28-27-33-75(73)76)123-124-83(52-72-35-37-74(129)38-36-72)102(148)119-77(40-42-93(139)140)96(142)98(106)144/h18,20,24-28,31-38,55,61-69,77-83,94,109-117,123-127,129H,17,19,21-23,29-30,39-54,56-60H2,1-16H3,(H2,107,138)(H2,108,145)(H,118,128)(H,119,148)(H,120,146)(H,121,147)(H,122,149)(H,139,140)/t63-,64-,65-,66-,67-,68+,69+,77-,78-,79-,80-,81-,82-,83-,94-,105-,106+/m0/s1. The van der Waals surface area contributed by atoms with Gasteiger partial charge >= 0.3 is 5.97 Å². The zero-order valence-corrected chi connectivity index (χ0v) is 89.0. The molecule has 0 bridgehead atoms. The van der Waals surface area contributed by atoms with Crippen LogP contribution < -0.4 is 102 Å². The number of rotatable bonds is 53. The first-order valence-corrected chi connectivity index (χ1v) is 51.5. The number of aliphatic carboxylic acids is 1. The molecule has 0 fully saturated rings. The molecule has 4 aromatic rings. The van der Waals surface area contributed by atoms with Gasteiger partial charge in [-0.3, -0.25) is 117 Å². The lowest BCUT2D eigenvalue weighted by Crippen LogP contribution is -2.65. The molecular weight excluding hydrogens is 1920 g/mol. The van der Waals surface area contributed by atoms with E-state index in [9.17, 15) is 87.2 Å². The molecule has 43 heteroatoms. The van der Waals surface area contributed by atoms with E-state index in [1.165, 1.54) is 65.8 Å². The number of amides is 7. The Morgan fingerprint density at radius 2 is 1.11 bits per heavy atom. The molecule has 149 heavy (non-hydrogen) atoms. The third-order valence-corrected chi connectivity index (χ3v) is 26.5. The summed E-state index contributed by atoms with van der Waals surface area (Å²) in [5.74, 6) is -15.7. The lowest BCUT2D eigenvalue weighted by Gasteiger charge is -2.33. The number of hydrazine groups is 2. The molecule has 7 amide bonds. The Labute approximate surface area is 872 Å². The van der Waals surface area contributed by atoms with Gasteiger partial charge in [0.15, 0.2) is 46.3 Å². The Bertz CT molecular complexity index is 5220. The first-order chi connectivity index (χ1) is 70.1. The van der Waals surface area contributed by atoms with Gasteiger partial charge in [-0.05, 0) is 206 Å². The Morgan fingerprint density at radius 3 is 1.73 bits per heavy atom. The third-order valence-electron chi connectivity index (χ3n) is 26.5. The summed E-state index contributed by atoms with van der Waals surface area (Å²) in [7, 11) is 0. The van der Waals surface area contributed by atoms with Gasteiger partial charge in [0, 0.05) is 69.5 Å².